The zero-order valence-corrected chi connectivity index (χ0v) is 12.5. The second-order valence-corrected chi connectivity index (χ2v) is 4.68. The number of methoxy groups -OCH3 is 1. The molecule has 0 saturated carbocycles. The molecule has 8 heteroatoms. The number of esters is 1. The summed E-state index contributed by atoms with van der Waals surface area (Å²) in [6.07, 6.45) is 1.50. The van der Waals surface area contributed by atoms with E-state index in [1.54, 1.807) is 11.8 Å². The van der Waals surface area contributed by atoms with Crippen LogP contribution in [0, 0.1) is 0 Å². The lowest BCUT2D eigenvalue weighted by molar-refractivity contribution is -0.148. The summed E-state index contributed by atoms with van der Waals surface area (Å²) in [5, 5.41) is 4.71. The van der Waals surface area contributed by atoms with Crippen molar-refractivity contribution in [3.63, 3.8) is 0 Å². The standard InChI is InChI=1S/C13H23N3O5/c1-3-21-12(18)10-5-4-7-16(10)9-11(17)15-13(19)14-6-8-20-2/h10H,3-9H2,1-2H3,(H2,14,15,17,19). The summed E-state index contributed by atoms with van der Waals surface area (Å²) < 4.78 is 9.76. The van der Waals surface area contributed by atoms with Gasteiger partial charge in [0.25, 0.3) is 0 Å². The fourth-order valence-corrected chi connectivity index (χ4v) is 2.18. The molecule has 8 nitrogen and oxygen atoms in total. The first-order chi connectivity index (χ1) is 10.1. The van der Waals surface area contributed by atoms with Crippen molar-refractivity contribution in [3.8, 4) is 0 Å². The van der Waals surface area contributed by atoms with Crippen molar-refractivity contribution >= 4 is 17.9 Å². The highest BCUT2D eigenvalue weighted by molar-refractivity contribution is 5.95. The molecule has 0 aromatic rings. The van der Waals surface area contributed by atoms with Crippen LogP contribution in [0.5, 0.6) is 0 Å². The van der Waals surface area contributed by atoms with Gasteiger partial charge in [-0.15, -0.1) is 0 Å². The van der Waals surface area contributed by atoms with Gasteiger partial charge in [0.2, 0.25) is 5.91 Å². The lowest BCUT2D eigenvalue weighted by atomic mass is 10.2. The van der Waals surface area contributed by atoms with Crippen LogP contribution < -0.4 is 10.6 Å². The van der Waals surface area contributed by atoms with E-state index in [0.29, 0.717) is 32.7 Å². The van der Waals surface area contributed by atoms with Crippen LogP contribution in [0.25, 0.3) is 0 Å². The van der Waals surface area contributed by atoms with Crippen LogP contribution in [-0.4, -0.2) is 68.8 Å². The normalized spacial score (nSPS) is 18.3. The van der Waals surface area contributed by atoms with Crippen LogP contribution in [0.3, 0.4) is 0 Å². The summed E-state index contributed by atoms with van der Waals surface area (Å²) in [6, 6.07) is -0.962. The molecule has 0 aromatic carbocycles. The Morgan fingerprint density at radius 1 is 1.33 bits per heavy atom. The Hall–Kier alpha value is -1.67. The van der Waals surface area contributed by atoms with Crippen LogP contribution in [0.4, 0.5) is 4.79 Å². The highest BCUT2D eigenvalue weighted by Gasteiger charge is 2.33. The molecule has 21 heavy (non-hydrogen) atoms. The van der Waals surface area contributed by atoms with E-state index in [0.717, 1.165) is 6.42 Å². The van der Waals surface area contributed by atoms with E-state index >= 15 is 0 Å². The molecule has 1 rings (SSSR count). The van der Waals surface area contributed by atoms with Crippen LogP contribution >= 0.6 is 0 Å². The second kappa shape index (κ2) is 9.30. The molecular formula is C13H23N3O5. The number of hydrogen-bond donors (Lipinski definition) is 2. The minimum absolute atomic E-state index is 0.00117. The Kier molecular flexibility index (Phi) is 7.70. The molecular weight excluding hydrogens is 278 g/mol. The number of carbonyl (C=O) groups excluding carboxylic acids is 3. The van der Waals surface area contributed by atoms with Crippen molar-refractivity contribution in [1.82, 2.24) is 15.5 Å². The minimum atomic E-state index is -0.566. The van der Waals surface area contributed by atoms with Crippen LogP contribution in [0.15, 0.2) is 0 Å². The number of amides is 3. The molecule has 1 atom stereocenters. The van der Waals surface area contributed by atoms with Gasteiger partial charge in [-0.2, -0.15) is 0 Å². The van der Waals surface area contributed by atoms with Crippen LogP contribution in [-0.2, 0) is 19.1 Å². The molecule has 1 unspecified atom stereocenters. The van der Waals surface area contributed by atoms with E-state index < -0.39 is 18.0 Å². The molecule has 0 aromatic heterocycles. The molecule has 1 aliphatic heterocycles. The summed E-state index contributed by atoms with van der Waals surface area (Å²) >= 11 is 0. The Morgan fingerprint density at radius 3 is 2.76 bits per heavy atom. The minimum Gasteiger partial charge on any atom is -0.465 e. The number of likely N-dealkylation sites (tertiary alicyclic amines) is 1. The Bertz CT molecular complexity index is 375. The molecule has 0 aliphatic carbocycles. The number of imide groups is 1. The van der Waals surface area contributed by atoms with Gasteiger partial charge in [0.05, 0.1) is 19.8 Å². The van der Waals surface area contributed by atoms with Gasteiger partial charge in [0, 0.05) is 13.7 Å². The van der Waals surface area contributed by atoms with Gasteiger partial charge in [-0.3, -0.25) is 19.8 Å². The third kappa shape index (κ3) is 6.09. The monoisotopic (exact) mass is 301 g/mol. The summed E-state index contributed by atoms with van der Waals surface area (Å²) in [7, 11) is 1.52. The van der Waals surface area contributed by atoms with Gasteiger partial charge in [-0.1, -0.05) is 0 Å². The smallest absolute Gasteiger partial charge is 0.323 e. The van der Waals surface area contributed by atoms with Gasteiger partial charge < -0.3 is 14.8 Å². The summed E-state index contributed by atoms with van der Waals surface area (Å²) in [5.74, 6) is -0.756. The number of ether oxygens (including phenoxy) is 2. The van der Waals surface area contributed by atoms with Crippen LogP contribution in [0.2, 0.25) is 0 Å². The fraction of sp³-hybridized carbons (Fsp3) is 0.769. The quantitative estimate of drug-likeness (QED) is 0.485. The zero-order valence-electron chi connectivity index (χ0n) is 12.5. The highest BCUT2D eigenvalue weighted by Crippen LogP contribution is 2.17. The largest absolute Gasteiger partial charge is 0.465 e. The van der Waals surface area contributed by atoms with Gasteiger partial charge >= 0.3 is 12.0 Å². The Labute approximate surface area is 124 Å². The average molecular weight is 301 g/mol. The first kappa shape index (κ1) is 17.4. The number of nitrogens with zero attached hydrogens (tertiary/aromatic N) is 1. The first-order valence-corrected chi connectivity index (χ1v) is 7.05. The summed E-state index contributed by atoms with van der Waals surface area (Å²) in [6.45, 7) is 3.40. The van der Waals surface area contributed by atoms with Gasteiger partial charge in [-0.05, 0) is 26.3 Å². The maximum Gasteiger partial charge on any atom is 0.323 e. The first-order valence-electron chi connectivity index (χ1n) is 7.05. The maximum absolute atomic E-state index is 11.8. The molecule has 0 spiro atoms. The molecule has 1 saturated heterocycles. The molecule has 1 aliphatic rings. The lowest BCUT2D eigenvalue weighted by Crippen LogP contribution is -2.47. The van der Waals surface area contributed by atoms with E-state index in [2.05, 4.69) is 10.6 Å². The SMILES string of the molecule is CCOC(=O)C1CCCN1CC(=O)NC(=O)NCCOC. The predicted octanol–water partition coefficient (Wildman–Crippen LogP) is -0.514. The number of nitrogens with one attached hydrogen (secondary N) is 2. The van der Waals surface area contributed by atoms with E-state index in [1.165, 1.54) is 7.11 Å². The number of urea groups is 1. The third-order valence-electron chi connectivity index (χ3n) is 3.11. The molecule has 0 bridgehead atoms. The number of carbonyl (C=O) groups is 3. The van der Waals surface area contributed by atoms with Gasteiger partial charge in [0.15, 0.2) is 0 Å². The lowest BCUT2D eigenvalue weighted by Gasteiger charge is -2.21. The molecule has 0 radical (unpaired) electrons. The fourth-order valence-electron chi connectivity index (χ4n) is 2.18. The molecule has 2 N–H and O–H groups in total. The van der Waals surface area contributed by atoms with Crippen LogP contribution in [0.1, 0.15) is 19.8 Å². The van der Waals surface area contributed by atoms with Crippen molar-refractivity contribution < 1.29 is 23.9 Å². The van der Waals surface area contributed by atoms with Gasteiger partial charge in [-0.25, -0.2) is 4.79 Å². The van der Waals surface area contributed by atoms with Crippen molar-refractivity contribution in [3.05, 3.63) is 0 Å². The number of rotatable bonds is 7. The zero-order chi connectivity index (χ0) is 15.7. The average Bonchev–Trinajstić information content (AvgIpc) is 2.87. The Balaban J connectivity index is 2.35. The van der Waals surface area contributed by atoms with Crippen molar-refractivity contribution in [2.75, 3.05) is 40.0 Å². The Morgan fingerprint density at radius 2 is 2.10 bits per heavy atom. The van der Waals surface area contributed by atoms with E-state index in [4.69, 9.17) is 9.47 Å². The number of hydrogen-bond acceptors (Lipinski definition) is 6. The van der Waals surface area contributed by atoms with Gasteiger partial charge in [0.1, 0.15) is 6.04 Å². The van der Waals surface area contributed by atoms with Crippen molar-refractivity contribution in [2.24, 2.45) is 0 Å². The van der Waals surface area contributed by atoms with E-state index in [9.17, 15) is 14.4 Å². The maximum atomic E-state index is 11.8. The summed E-state index contributed by atoms with van der Waals surface area (Å²) in [5.41, 5.74) is 0. The topological polar surface area (TPSA) is 97.0 Å². The van der Waals surface area contributed by atoms with Crippen molar-refractivity contribution in [2.45, 2.75) is 25.8 Å². The molecule has 1 heterocycles. The highest BCUT2D eigenvalue weighted by atomic mass is 16.5. The van der Waals surface area contributed by atoms with E-state index in [1.807, 2.05) is 0 Å². The second-order valence-electron chi connectivity index (χ2n) is 4.68. The molecule has 1 fully saturated rings. The third-order valence-corrected chi connectivity index (χ3v) is 3.11. The molecule has 3 amide bonds. The van der Waals surface area contributed by atoms with E-state index in [-0.39, 0.29) is 12.5 Å². The summed E-state index contributed by atoms with van der Waals surface area (Å²) in [4.78, 5) is 36.7. The predicted molar refractivity (Wildman–Crippen MR) is 74.6 cm³/mol. The van der Waals surface area contributed by atoms with Crippen molar-refractivity contribution in [1.29, 1.82) is 0 Å². The molecule has 120 valence electrons.